The van der Waals surface area contributed by atoms with Crippen molar-refractivity contribution in [1.29, 1.82) is 0 Å². The first-order valence-electron chi connectivity index (χ1n) is 7.75. The number of hydrogen-bond donors (Lipinski definition) is 1. The van der Waals surface area contributed by atoms with Crippen LogP contribution in [-0.4, -0.2) is 50.9 Å². The first kappa shape index (κ1) is 18.7. The number of nitrogens with zero attached hydrogens (tertiary/aromatic N) is 2. The van der Waals surface area contributed by atoms with Gasteiger partial charge in [-0.1, -0.05) is 0 Å². The van der Waals surface area contributed by atoms with Gasteiger partial charge >= 0.3 is 5.97 Å². The predicted octanol–water partition coefficient (Wildman–Crippen LogP) is 1.50. The van der Waals surface area contributed by atoms with E-state index in [0.29, 0.717) is 17.1 Å². The van der Waals surface area contributed by atoms with Crippen LogP contribution in [0.25, 0.3) is 0 Å². The quantitative estimate of drug-likeness (QED) is 0.333. The lowest BCUT2D eigenvalue weighted by Crippen LogP contribution is -2.68. The Bertz CT molecular complexity index is 781. The molecule has 2 aliphatic heterocycles. The highest BCUT2D eigenvalue weighted by Gasteiger charge is 2.51. The molecule has 2 N–H and O–H groups in total. The molecule has 3 rings (SSSR count). The molecule has 0 saturated carbocycles. The van der Waals surface area contributed by atoms with Gasteiger partial charge in [0.25, 0.3) is 5.69 Å². The van der Waals surface area contributed by atoms with Gasteiger partial charge in [0.2, 0.25) is 5.91 Å². The van der Waals surface area contributed by atoms with E-state index >= 15 is 0 Å². The molecule has 2 aliphatic rings. The number of fused-ring (bicyclic) bond motifs is 1. The van der Waals surface area contributed by atoms with Gasteiger partial charge in [0.15, 0.2) is 0 Å². The predicted molar refractivity (Wildman–Crippen MR) is 99.4 cm³/mol. The van der Waals surface area contributed by atoms with Gasteiger partial charge in [-0.05, 0) is 29.5 Å². The number of thioether (sulfide) groups is 2. The molecule has 26 heavy (non-hydrogen) atoms. The monoisotopic (exact) mass is 395 g/mol. The van der Waals surface area contributed by atoms with Crippen LogP contribution in [0.3, 0.4) is 0 Å². The lowest BCUT2D eigenvalue weighted by molar-refractivity contribution is -0.384. The molecule has 0 spiro atoms. The molecule has 1 aromatic carbocycles. The van der Waals surface area contributed by atoms with E-state index in [1.165, 1.54) is 29.2 Å². The summed E-state index contributed by atoms with van der Waals surface area (Å²) in [6, 6.07) is 5.19. The van der Waals surface area contributed by atoms with E-state index in [-0.39, 0.29) is 29.3 Å². The highest BCUT2D eigenvalue weighted by Crippen LogP contribution is 2.40. The number of carbonyl (C=O) groups excluding carboxylic acids is 2. The molecule has 1 unspecified atom stereocenters. The summed E-state index contributed by atoms with van der Waals surface area (Å²) in [5.41, 5.74) is 7.56. The van der Waals surface area contributed by atoms with E-state index in [1.54, 1.807) is 23.5 Å². The molecule has 1 amide bonds. The SMILES string of the molecule is CSCC1=C(C(=O)OCc2ccc([N+](=O)[O-])cc2)N2C(=O)C(N)[C@H]2SC1. The zero-order chi connectivity index (χ0) is 18.8. The molecule has 0 bridgehead atoms. The van der Waals surface area contributed by atoms with Gasteiger partial charge in [-0.25, -0.2) is 4.79 Å². The Morgan fingerprint density at radius 3 is 2.77 bits per heavy atom. The number of amides is 1. The number of β-lactam (4-membered cyclic amide) rings is 1. The van der Waals surface area contributed by atoms with Gasteiger partial charge in [0.1, 0.15) is 23.7 Å². The number of hydrogen-bond acceptors (Lipinski definition) is 8. The molecule has 10 heteroatoms. The van der Waals surface area contributed by atoms with E-state index in [4.69, 9.17) is 10.5 Å². The Morgan fingerprint density at radius 1 is 1.46 bits per heavy atom. The summed E-state index contributed by atoms with van der Waals surface area (Å²) in [5, 5.41) is 10.4. The summed E-state index contributed by atoms with van der Waals surface area (Å²) in [5.74, 6) is 0.409. The Labute approximate surface area is 158 Å². The number of nitrogens with two attached hydrogens (primary N) is 1. The number of nitro benzene ring substituents is 1. The van der Waals surface area contributed by atoms with Gasteiger partial charge in [-0.15, -0.1) is 11.8 Å². The smallest absolute Gasteiger partial charge is 0.355 e. The van der Waals surface area contributed by atoms with Crippen LogP contribution >= 0.6 is 23.5 Å². The molecule has 2 atom stereocenters. The van der Waals surface area contributed by atoms with Crippen LogP contribution in [0.2, 0.25) is 0 Å². The average Bonchev–Trinajstić information content (AvgIpc) is 2.65. The lowest BCUT2D eigenvalue weighted by atomic mass is 10.0. The summed E-state index contributed by atoms with van der Waals surface area (Å²) in [6.07, 6.45) is 1.92. The van der Waals surface area contributed by atoms with Crippen LogP contribution in [0.1, 0.15) is 5.56 Å². The first-order valence-corrected chi connectivity index (χ1v) is 10.2. The molecular formula is C16H17N3O5S2. The van der Waals surface area contributed by atoms with Crippen molar-refractivity contribution < 1.29 is 19.2 Å². The molecule has 1 saturated heterocycles. The minimum Gasteiger partial charge on any atom is -0.456 e. The van der Waals surface area contributed by atoms with Crippen molar-refractivity contribution in [2.45, 2.75) is 18.0 Å². The van der Waals surface area contributed by atoms with Gasteiger partial charge in [-0.3, -0.25) is 19.8 Å². The van der Waals surface area contributed by atoms with Crippen molar-refractivity contribution in [3.63, 3.8) is 0 Å². The maximum absolute atomic E-state index is 12.6. The van der Waals surface area contributed by atoms with Gasteiger partial charge in [0, 0.05) is 23.6 Å². The maximum atomic E-state index is 12.6. The van der Waals surface area contributed by atoms with E-state index in [9.17, 15) is 19.7 Å². The number of rotatable bonds is 6. The third kappa shape index (κ3) is 3.44. The first-order chi connectivity index (χ1) is 12.4. The highest BCUT2D eigenvalue weighted by atomic mass is 32.2. The summed E-state index contributed by atoms with van der Waals surface area (Å²) < 4.78 is 5.36. The van der Waals surface area contributed by atoms with E-state index in [2.05, 4.69) is 0 Å². The van der Waals surface area contributed by atoms with Crippen molar-refractivity contribution >= 4 is 41.1 Å². The average molecular weight is 395 g/mol. The second-order valence-corrected chi connectivity index (χ2v) is 7.79. The van der Waals surface area contributed by atoms with Crippen molar-refractivity contribution in [3.05, 3.63) is 51.2 Å². The second-order valence-electron chi connectivity index (χ2n) is 5.82. The summed E-state index contributed by atoms with van der Waals surface area (Å²) in [7, 11) is 0. The van der Waals surface area contributed by atoms with Crippen LogP contribution in [-0.2, 0) is 20.9 Å². The Balaban J connectivity index is 1.73. The van der Waals surface area contributed by atoms with Crippen LogP contribution in [0.4, 0.5) is 5.69 Å². The normalized spacial score (nSPS) is 21.9. The zero-order valence-electron chi connectivity index (χ0n) is 13.9. The van der Waals surface area contributed by atoms with Crippen LogP contribution in [0, 0.1) is 10.1 Å². The Morgan fingerprint density at radius 2 is 2.15 bits per heavy atom. The molecule has 0 radical (unpaired) electrons. The molecule has 1 aromatic rings. The number of nitro groups is 1. The Hall–Kier alpha value is -2.04. The third-order valence-electron chi connectivity index (χ3n) is 4.12. The fourth-order valence-corrected chi connectivity index (χ4v) is 4.79. The van der Waals surface area contributed by atoms with Gasteiger partial charge < -0.3 is 10.5 Å². The second kappa shape index (κ2) is 7.68. The van der Waals surface area contributed by atoms with Crippen LogP contribution in [0.15, 0.2) is 35.5 Å². The maximum Gasteiger partial charge on any atom is 0.355 e. The van der Waals surface area contributed by atoms with Gasteiger partial charge in [-0.2, -0.15) is 11.8 Å². The van der Waals surface area contributed by atoms with E-state index < -0.39 is 16.9 Å². The molecule has 8 nitrogen and oxygen atoms in total. The van der Waals surface area contributed by atoms with Crippen LogP contribution < -0.4 is 5.73 Å². The third-order valence-corrected chi connectivity index (χ3v) is 6.12. The topological polar surface area (TPSA) is 116 Å². The van der Waals surface area contributed by atoms with E-state index in [0.717, 1.165) is 5.57 Å². The number of non-ortho nitro benzene ring substituents is 1. The summed E-state index contributed by atoms with van der Waals surface area (Å²) in [6.45, 7) is -0.0290. The zero-order valence-corrected chi connectivity index (χ0v) is 15.5. The molecule has 2 heterocycles. The van der Waals surface area contributed by atoms with Crippen molar-refractivity contribution in [2.24, 2.45) is 5.73 Å². The standard InChI is InChI=1S/C16H17N3O5S2/c1-25-7-10-8-26-15-12(17)14(20)18(15)13(10)16(21)24-6-9-2-4-11(5-3-9)19(22)23/h2-5,12,15H,6-8,17H2,1H3/t12?,15-/m1/s1. The largest absolute Gasteiger partial charge is 0.456 e. The van der Waals surface area contributed by atoms with E-state index in [1.807, 2.05) is 6.26 Å². The highest BCUT2D eigenvalue weighted by molar-refractivity contribution is 8.00. The van der Waals surface area contributed by atoms with Gasteiger partial charge in [0.05, 0.1) is 4.92 Å². The molecule has 138 valence electrons. The summed E-state index contributed by atoms with van der Waals surface area (Å²) >= 11 is 3.12. The fraction of sp³-hybridized carbons (Fsp3) is 0.375. The number of esters is 1. The summed E-state index contributed by atoms with van der Waals surface area (Å²) in [4.78, 5) is 36.4. The molecular weight excluding hydrogens is 378 g/mol. The van der Waals surface area contributed by atoms with Crippen LogP contribution in [0.5, 0.6) is 0 Å². The lowest BCUT2D eigenvalue weighted by Gasteiger charge is -2.48. The number of benzene rings is 1. The molecule has 1 fully saturated rings. The van der Waals surface area contributed by atoms with Crippen molar-refractivity contribution in [2.75, 3.05) is 17.8 Å². The minimum atomic E-state index is -0.590. The molecule has 0 aromatic heterocycles. The number of ether oxygens (including phenoxy) is 1. The fourth-order valence-electron chi connectivity index (χ4n) is 2.78. The van der Waals surface area contributed by atoms with Crippen molar-refractivity contribution in [1.82, 2.24) is 4.90 Å². The minimum absolute atomic E-state index is 0.0290. The van der Waals surface area contributed by atoms with Crippen molar-refractivity contribution in [3.8, 4) is 0 Å². The number of carbonyl (C=O) groups is 2. The Kier molecular flexibility index (Phi) is 5.54. The molecule has 0 aliphatic carbocycles.